The number of hydrogen-bond donors (Lipinski definition) is 0. The molecule has 0 aliphatic carbocycles. The molecule has 0 bridgehead atoms. The van der Waals surface area contributed by atoms with Crippen LogP contribution in [0.1, 0.15) is 53.4 Å². The molecule has 72 valence electrons. The number of hydrogen-bond acceptors (Lipinski definition) is 0. The van der Waals surface area contributed by atoms with Gasteiger partial charge in [0.1, 0.15) is 0 Å². The van der Waals surface area contributed by atoms with Crippen molar-refractivity contribution < 1.29 is 0 Å². The Labute approximate surface area is 78.1 Å². The van der Waals surface area contributed by atoms with Gasteiger partial charge in [-0.25, -0.2) is 0 Å². The molecule has 0 heteroatoms. The van der Waals surface area contributed by atoms with Crippen molar-refractivity contribution in [3.63, 3.8) is 0 Å². The molecule has 0 saturated carbocycles. The summed E-state index contributed by atoms with van der Waals surface area (Å²) >= 11 is 0. The second-order valence-electron chi connectivity index (χ2n) is 4.07. The minimum absolute atomic E-state index is 0.712. The van der Waals surface area contributed by atoms with Gasteiger partial charge in [-0.05, 0) is 24.7 Å². The lowest BCUT2D eigenvalue weighted by atomic mass is 9.90. The predicted molar refractivity (Wildman–Crippen MR) is 57.3 cm³/mol. The molecule has 0 heterocycles. The summed E-state index contributed by atoms with van der Waals surface area (Å²) in [5.41, 5.74) is 1.44. The van der Waals surface area contributed by atoms with Gasteiger partial charge in [-0.3, -0.25) is 0 Å². The molecule has 0 spiro atoms. The first-order chi connectivity index (χ1) is 5.61. The minimum Gasteiger partial charge on any atom is -0.0996 e. The Morgan fingerprint density at radius 1 is 1.25 bits per heavy atom. The number of allylic oxidation sites excluding steroid dienone is 1. The van der Waals surface area contributed by atoms with Crippen LogP contribution in [-0.4, -0.2) is 0 Å². The second-order valence-corrected chi connectivity index (χ2v) is 4.07. The van der Waals surface area contributed by atoms with Crippen molar-refractivity contribution in [1.82, 2.24) is 0 Å². The van der Waals surface area contributed by atoms with Crippen LogP contribution in [0.15, 0.2) is 12.2 Å². The van der Waals surface area contributed by atoms with E-state index >= 15 is 0 Å². The average Bonchev–Trinajstić information content (AvgIpc) is 2.03. The summed E-state index contributed by atoms with van der Waals surface area (Å²) < 4.78 is 0. The summed E-state index contributed by atoms with van der Waals surface area (Å²) in [4.78, 5) is 0. The summed E-state index contributed by atoms with van der Waals surface area (Å²) in [6.07, 6.45) is 5.10. The van der Waals surface area contributed by atoms with Crippen LogP contribution in [0, 0.1) is 11.8 Å². The Morgan fingerprint density at radius 3 is 2.25 bits per heavy atom. The molecular weight excluding hydrogens is 144 g/mol. The van der Waals surface area contributed by atoms with Gasteiger partial charge in [0.2, 0.25) is 0 Å². The molecule has 0 aromatic heterocycles. The molecule has 0 aliphatic heterocycles. The van der Waals surface area contributed by atoms with Gasteiger partial charge >= 0.3 is 0 Å². The first kappa shape index (κ1) is 11.7. The quantitative estimate of drug-likeness (QED) is 0.515. The molecule has 0 aromatic carbocycles. The summed E-state index contributed by atoms with van der Waals surface area (Å²) in [5, 5.41) is 0. The molecule has 0 nitrogen and oxygen atoms in total. The first-order valence-electron chi connectivity index (χ1n) is 5.29. The Morgan fingerprint density at radius 2 is 1.83 bits per heavy atom. The summed E-state index contributed by atoms with van der Waals surface area (Å²) in [6.45, 7) is 13.2. The fourth-order valence-corrected chi connectivity index (χ4v) is 1.53. The van der Waals surface area contributed by atoms with Crippen molar-refractivity contribution in [2.75, 3.05) is 0 Å². The molecule has 0 amide bonds. The van der Waals surface area contributed by atoms with Gasteiger partial charge in [0, 0.05) is 0 Å². The molecule has 2 atom stereocenters. The van der Waals surface area contributed by atoms with Crippen LogP contribution in [0.2, 0.25) is 0 Å². The molecule has 0 fully saturated rings. The van der Waals surface area contributed by atoms with Gasteiger partial charge in [0.25, 0.3) is 0 Å². The first-order valence-corrected chi connectivity index (χ1v) is 5.29. The van der Waals surface area contributed by atoms with E-state index in [0.29, 0.717) is 5.92 Å². The largest absolute Gasteiger partial charge is 0.0996 e. The smallest absolute Gasteiger partial charge is 0.0237 e. The van der Waals surface area contributed by atoms with E-state index in [2.05, 4.69) is 34.3 Å². The zero-order valence-corrected chi connectivity index (χ0v) is 9.19. The van der Waals surface area contributed by atoms with Gasteiger partial charge in [-0.1, -0.05) is 52.7 Å². The van der Waals surface area contributed by atoms with Crippen molar-refractivity contribution in [3.05, 3.63) is 12.2 Å². The van der Waals surface area contributed by atoms with Crippen LogP contribution < -0.4 is 0 Å². The van der Waals surface area contributed by atoms with Gasteiger partial charge in [0.15, 0.2) is 0 Å². The van der Waals surface area contributed by atoms with Crippen molar-refractivity contribution in [2.24, 2.45) is 11.8 Å². The normalized spacial score (nSPS) is 15.7. The third-order valence-electron chi connectivity index (χ3n) is 2.70. The Hall–Kier alpha value is -0.260. The molecule has 0 N–H and O–H groups in total. The molecular formula is C12H24. The van der Waals surface area contributed by atoms with Crippen molar-refractivity contribution in [3.8, 4) is 0 Å². The van der Waals surface area contributed by atoms with Crippen LogP contribution in [-0.2, 0) is 0 Å². The van der Waals surface area contributed by atoms with E-state index in [-0.39, 0.29) is 0 Å². The van der Waals surface area contributed by atoms with Crippen LogP contribution >= 0.6 is 0 Å². The van der Waals surface area contributed by atoms with E-state index in [1.54, 1.807) is 0 Å². The van der Waals surface area contributed by atoms with Gasteiger partial charge in [-0.15, -0.1) is 0 Å². The van der Waals surface area contributed by atoms with E-state index in [4.69, 9.17) is 0 Å². The minimum atomic E-state index is 0.712. The molecule has 0 radical (unpaired) electrons. The monoisotopic (exact) mass is 168 g/mol. The van der Waals surface area contributed by atoms with Gasteiger partial charge < -0.3 is 0 Å². The van der Waals surface area contributed by atoms with E-state index in [9.17, 15) is 0 Å². The molecule has 0 saturated heterocycles. The zero-order valence-electron chi connectivity index (χ0n) is 9.19. The van der Waals surface area contributed by atoms with Gasteiger partial charge in [0.05, 0.1) is 0 Å². The average molecular weight is 168 g/mol. The molecule has 0 aromatic rings. The lowest BCUT2D eigenvalue weighted by molar-refractivity contribution is 0.486. The van der Waals surface area contributed by atoms with E-state index in [0.717, 1.165) is 5.92 Å². The standard InChI is InChI=1S/C12H24/c1-6-8-10(3)9-12(5)11(4)7-2/h10-11H,5-9H2,1-4H3. The van der Waals surface area contributed by atoms with E-state index in [1.165, 1.54) is 31.3 Å². The van der Waals surface area contributed by atoms with E-state index in [1.807, 2.05) is 0 Å². The van der Waals surface area contributed by atoms with Crippen molar-refractivity contribution in [1.29, 1.82) is 0 Å². The summed E-state index contributed by atoms with van der Waals surface area (Å²) in [6, 6.07) is 0. The molecule has 0 rings (SSSR count). The Bertz CT molecular complexity index is 124. The Kier molecular flexibility index (Phi) is 6.14. The van der Waals surface area contributed by atoms with Crippen LogP contribution in [0.25, 0.3) is 0 Å². The lowest BCUT2D eigenvalue weighted by Crippen LogP contribution is -2.02. The second kappa shape index (κ2) is 6.28. The molecule has 12 heavy (non-hydrogen) atoms. The van der Waals surface area contributed by atoms with Crippen LogP contribution in [0.4, 0.5) is 0 Å². The highest BCUT2D eigenvalue weighted by molar-refractivity contribution is 4.99. The molecule has 2 unspecified atom stereocenters. The SMILES string of the molecule is C=C(CC(C)CCC)C(C)CC. The van der Waals surface area contributed by atoms with Gasteiger partial charge in [-0.2, -0.15) is 0 Å². The van der Waals surface area contributed by atoms with E-state index < -0.39 is 0 Å². The predicted octanol–water partition coefficient (Wildman–Crippen LogP) is 4.42. The number of rotatable bonds is 6. The summed E-state index contributed by atoms with van der Waals surface area (Å²) in [5.74, 6) is 1.54. The summed E-state index contributed by atoms with van der Waals surface area (Å²) in [7, 11) is 0. The van der Waals surface area contributed by atoms with Crippen molar-refractivity contribution >= 4 is 0 Å². The topological polar surface area (TPSA) is 0 Å². The molecule has 0 aliphatic rings. The zero-order chi connectivity index (χ0) is 9.56. The Balaban J connectivity index is 3.67. The lowest BCUT2D eigenvalue weighted by Gasteiger charge is -2.16. The third kappa shape index (κ3) is 4.58. The fourth-order valence-electron chi connectivity index (χ4n) is 1.53. The maximum absolute atomic E-state index is 4.15. The fraction of sp³-hybridized carbons (Fsp3) is 0.833. The highest BCUT2D eigenvalue weighted by Gasteiger charge is 2.08. The third-order valence-corrected chi connectivity index (χ3v) is 2.70. The van der Waals surface area contributed by atoms with Crippen molar-refractivity contribution in [2.45, 2.75) is 53.4 Å². The highest BCUT2D eigenvalue weighted by atomic mass is 14.1. The van der Waals surface area contributed by atoms with Crippen LogP contribution in [0.5, 0.6) is 0 Å². The maximum atomic E-state index is 4.15. The highest BCUT2D eigenvalue weighted by Crippen LogP contribution is 2.22. The maximum Gasteiger partial charge on any atom is -0.0237 e. The van der Waals surface area contributed by atoms with Crippen LogP contribution in [0.3, 0.4) is 0 Å².